The van der Waals surface area contributed by atoms with E-state index in [2.05, 4.69) is 15.5 Å². The lowest BCUT2D eigenvalue weighted by Crippen LogP contribution is -2.48. The van der Waals surface area contributed by atoms with Crippen LogP contribution in [0.3, 0.4) is 0 Å². The number of aliphatic hydroxyl groups is 1. The van der Waals surface area contributed by atoms with Crippen LogP contribution in [0.5, 0.6) is 5.75 Å². The van der Waals surface area contributed by atoms with E-state index in [0.29, 0.717) is 34.5 Å². The van der Waals surface area contributed by atoms with Gasteiger partial charge in [0.15, 0.2) is 0 Å². The van der Waals surface area contributed by atoms with Crippen LogP contribution in [0.1, 0.15) is 36.0 Å². The van der Waals surface area contributed by atoms with Crippen LogP contribution in [-0.4, -0.2) is 85.9 Å². The fourth-order valence-corrected chi connectivity index (χ4v) is 4.56. The second kappa shape index (κ2) is 11.6. The van der Waals surface area contributed by atoms with E-state index in [1.807, 2.05) is 4.90 Å². The predicted molar refractivity (Wildman–Crippen MR) is 124 cm³/mol. The van der Waals surface area contributed by atoms with Crippen molar-refractivity contribution >= 4 is 29.2 Å². The summed E-state index contributed by atoms with van der Waals surface area (Å²) in [7, 11) is 1.50. The number of nitrogens with two attached hydrogens (primary N) is 1. The van der Waals surface area contributed by atoms with Gasteiger partial charge in [-0.15, -0.1) is 0 Å². The number of carbonyl (C=O) groups excluding carboxylic acids is 2. The number of likely N-dealkylation sites (tertiary alicyclic amines) is 2. The molecule has 0 bridgehead atoms. The Bertz CT molecular complexity index is 793. The molecular weight excluding hydrogens is 434 g/mol. The second-order valence-corrected chi connectivity index (χ2v) is 8.92. The van der Waals surface area contributed by atoms with Crippen LogP contribution in [0.4, 0.5) is 10.5 Å². The summed E-state index contributed by atoms with van der Waals surface area (Å²) in [6.45, 7) is 4.64. The first-order chi connectivity index (χ1) is 15.4. The smallest absolute Gasteiger partial charge is 0.317 e. The molecule has 5 N–H and O–H groups in total. The number of halogens is 1. The average Bonchev–Trinajstić information content (AvgIpc) is 2.80. The minimum absolute atomic E-state index is 0.0418. The highest BCUT2D eigenvalue weighted by atomic mass is 35.5. The van der Waals surface area contributed by atoms with Gasteiger partial charge >= 0.3 is 6.03 Å². The van der Waals surface area contributed by atoms with E-state index in [4.69, 9.17) is 27.2 Å². The monoisotopic (exact) mass is 467 g/mol. The molecule has 0 aromatic heterocycles. The third kappa shape index (κ3) is 6.40. The molecule has 2 aliphatic heterocycles. The largest absolute Gasteiger partial charge is 0.496 e. The molecule has 2 aliphatic rings. The van der Waals surface area contributed by atoms with E-state index in [9.17, 15) is 9.59 Å². The lowest BCUT2D eigenvalue weighted by atomic mass is 9.95. The number of hydrogen-bond donors (Lipinski definition) is 4. The quantitative estimate of drug-likeness (QED) is 0.451. The van der Waals surface area contributed by atoms with Crippen molar-refractivity contribution in [1.82, 2.24) is 20.4 Å². The zero-order valence-electron chi connectivity index (χ0n) is 18.6. The van der Waals surface area contributed by atoms with Crippen molar-refractivity contribution in [2.24, 2.45) is 5.92 Å². The van der Waals surface area contributed by atoms with Crippen LogP contribution in [0.2, 0.25) is 5.02 Å². The number of nitrogens with one attached hydrogen (secondary N) is 2. The van der Waals surface area contributed by atoms with Crippen LogP contribution in [0.15, 0.2) is 12.1 Å². The highest BCUT2D eigenvalue weighted by Gasteiger charge is 2.27. The number of rotatable bonds is 7. The zero-order chi connectivity index (χ0) is 23.1. The molecule has 2 heterocycles. The molecule has 1 aromatic carbocycles. The number of piperidine rings is 2. The van der Waals surface area contributed by atoms with Crippen molar-refractivity contribution in [1.29, 1.82) is 0 Å². The van der Waals surface area contributed by atoms with Crippen LogP contribution in [0, 0.1) is 5.92 Å². The third-order valence-corrected chi connectivity index (χ3v) is 6.62. The number of urea groups is 1. The Hall–Kier alpha value is -2.23. The normalized spacial score (nSPS) is 18.4. The molecule has 0 radical (unpaired) electrons. The lowest BCUT2D eigenvalue weighted by Gasteiger charge is -2.37. The third-order valence-electron chi connectivity index (χ3n) is 6.29. The molecule has 0 saturated carbocycles. The molecule has 32 heavy (non-hydrogen) atoms. The summed E-state index contributed by atoms with van der Waals surface area (Å²) < 4.78 is 5.29. The number of amides is 3. The average molecular weight is 468 g/mol. The molecule has 10 heteroatoms. The molecule has 0 atom stereocenters. The summed E-state index contributed by atoms with van der Waals surface area (Å²) >= 11 is 6.09. The minimum atomic E-state index is -0.200. The summed E-state index contributed by atoms with van der Waals surface area (Å²) in [6, 6.07) is 3.14. The van der Waals surface area contributed by atoms with Gasteiger partial charge in [0.25, 0.3) is 5.91 Å². The molecule has 178 valence electrons. The second-order valence-electron chi connectivity index (χ2n) is 8.51. The fourth-order valence-electron chi connectivity index (χ4n) is 4.40. The van der Waals surface area contributed by atoms with E-state index in [1.54, 1.807) is 12.1 Å². The van der Waals surface area contributed by atoms with Crippen LogP contribution in [0.25, 0.3) is 0 Å². The Labute approximate surface area is 194 Å². The number of anilines is 1. The van der Waals surface area contributed by atoms with Crippen molar-refractivity contribution in [3.05, 3.63) is 22.7 Å². The van der Waals surface area contributed by atoms with Gasteiger partial charge in [-0.25, -0.2) is 4.79 Å². The lowest BCUT2D eigenvalue weighted by molar-refractivity contribution is 0.0891. The minimum Gasteiger partial charge on any atom is -0.496 e. The van der Waals surface area contributed by atoms with Gasteiger partial charge in [-0.3, -0.25) is 4.79 Å². The number of methoxy groups -OCH3 is 1. The first kappa shape index (κ1) is 24.4. The molecule has 0 aliphatic carbocycles. The molecule has 3 rings (SSSR count). The van der Waals surface area contributed by atoms with Gasteiger partial charge in [0, 0.05) is 51.4 Å². The van der Waals surface area contributed by atoms with Crippen molar-refractivity contribution in [2.75, 3.05) is 58.7 Å². The Morgan fingerprint density at radius 2 is 1.88 bits per heavy atom. The summed E-state index contributed by atoms with van der Waals surface area (Å²) in [6.07, 6.45) is 3.75. The van der Waals surface area contributed by atoms with Gasteiger partial charge < -0.3 is 36.0 Å². The van der Waals surface area contributed by atoms with Crippen molar-refractivity contribution in [3.63, 3.8) is 0 Å². The number of ether oxygens (including phenoxy) is 1. The highest BCUT2D eigenvalue weighted by Crippen LogP contribution is 2.29. The van der Waals surface area contributed by atoms with Gasteiger partial charge in [-0.05, 0) is 37.7 Å². The van der Waals surface area contributed by atoms with Crippen molar-refractivity contribution in [3.8, 4) is 5.75 Å². The van der Waals surface area contributed by atoms with Gasteiger partial charge in [0.1, 0.15) is 5.75 Å². The topological polar surface area (TPSA) is 120 Å². The van der Waals surface area contributed by atoms with Crippen molar-refractivity contribution in [2.45, 2.75) is 31.7 Å². The van der Waals surface area contributed by atoms with E-state index < -0.39 is 0 Å². The first-order valence-electron chi connectivity index (χ1n) is 11.2. The number of nitrogens with zero attached hydrogens (tertiary/aromatic N) is 2. The zero-order valence-corrected chi connectivity index (χ0v) is 19.4. The van der Waals surface area contributed by atoms with Gasteiger partial charge in [0.05, 0.1) is 30.0 Å². The first-order valence-corrected chi connectivity index (χ1v) is 11.6. The Balaban J connectivity index is 1.41. The van der Waals surface area contributed by atoms with Crippen LogP contribution >= 0.6 is 11.6 Å². The SMILES string of the molecule is COc1cc(N)c(Cl)cc1C(=O)NC1CCN(CC2CCN(C(=O)NCCO)CC2)CC1. The number of hydrogen-bond acceptors (Lipinski definition) is 6. The molecule has 1 aromatic rings. The van der Waals surface area contributed by atoms with Gasteiger partial charge in [-0.2, -0.15) is 0 Å². The Morgan fingerprint density at radius 1 is 1.19 bits per heavy atom. The predicted octanol–water partition coefficient (Wildman–Crippen LogP) is 1.54. The maximum absolute atomic E-state index is 12.8. The maximum atomic E-state index is 12.8. The fraction of sp³-hybridized carbons (Fsp3) is 0.636. The molecule has 9 nitrogen and oxygen atoms in total. The number of benzene rings is 1. The number of carbonyl (C=O) groups is 2. The summed E-state index contributed by atoms with van der Waals surface area (Å²) in [4.78, 5) is 29.0. The standard InChI is InChI=1S/C22H34ClN5O4/c1-32-20-13-19(24)18(23)12-17(20)21(30)26-16-4-7-27(8-5-16)14-15-2-9-28(10-3-15)22(31)25-6-11-29/h12-13,15-16,29H,2-11,14,24H2,1H3,(H,25,31)(H,26,30). The van der Waals surface area contributed by atoms with E-state index in [-0.39, 0.29) is 24.6 Å². The number of nitrogen functional groups attached to an aromatic ring is 1. The molecule has 2 saturated heterocycles. The highest BCUT2D eigenvalue weighted by molar-refractivity contribution is 6.33. The molecule has 2 fully saturated rings. The summed E-state index contributed by atoms with van der Waals surface area (Å²) in [5, 5.41) is 15.0. The van der Waals surface area contributed by atoms with E-state index >= 15 is 0 Å². The Kier molecular flexibility index (Phi) is 8.84. The maximum Gasteiger partial charge on any atom is 0.317 e. The molecule has 0 spiro atoms. The number of aliphatic hydroxyl groups excluding tert-OH is 1. The van der Waals surface area contributed by atoms with Crippen molar-refractivity contribution < 1.29 is 19.4 Å². The summed E-state index contributed by atoms with van der Waals surface area (Å²) in [5.41, 5.74) is 6.57. The van der Waals surface area contributed by atoms with Gasteiger partial charge in [0.2, 0.25) is 0 Å². The van der Waals surface area contributed by atoms with E-state index in [1.165, 1.54) is 7.11 Å². The molecule has 0 unspecified atom stereocenters. The van der Waals surface area contributed by atoms with Crippen LogP contribution < -0.4 is 21.1 Å². The molecular formula is C22H34ClN5O4. The van der Waals surface area contributed by atoms with E-state index in [0.717, 1.165) is 58.4 Å². The summed E-state index contributed by atoms with van der Waals surface area (Å²) in [5.74, 6) is 0.788. The van der Waals surface area contributed by atoms with Crippen LogP contribution in [-0.2, 0) is 0 Å². The van der Waals surface area contributed by atoms with Gasteiger partial charge in [-0.1, -0.05) is 11.6 Å². The Morgan fingerprint density at radius 3 is 2.50 bits per heavy atom. The molecule has 3 amide bonds.